The van der Waals surface area contributed by atoms with Crippen LogP contribution in [0, 0.1) is 6.92 Å². The van der Waals surface area contributed by atoms with Crippen molar-refractivity contribution in [1.29, 1.82) is 0 Å². The van der Waals surface area contributed by atoms with Gasteiger partial charge in [-0.25, -0.2) is 0 Å². The van der Waals surface area contributed by atoms with Gasteiger partial charge < -0.3 is 5.73 Å². The number of nitrogens with zero attached hydrogens (tertiary/aromatic N) is 1. The molecule has 2 N–H and O–H groups in total. The predicted octanol–water partition coefficient (Wildman–Crippen LogP) is 3.27. The summed E-state index contributed by atoms with van der Waals surface area (Å²) in [5.41, 5.74) is 9.87. The molecule has 1 saturated heterocycles. The van der Waals surface area contributed by atoms with E-state index >= 15 is 0 Å². The van der Waals surface area contributed by atoms with Crippen LogP contribution in [0.25, 0.3) is 0 Å². The van der Waals surface area contributed by atoms with Crippen molar-refractivity contribution in [3.8, 4) is 0 Å². The predicted molar refractivity (Wildman–Crippen MR) is 84.9 cm³/mol. The number of likely N-dealkylation sites (tertiary alicyclic amines) is 1. The maximum Gasteiger partial charge on any atom is 0.0363 e. The quantitative estimate of drug-likeness (QED) is 0.911. The van der Waals surface area contributed by atoms with E-state index in [1.54, 1.807) is 0 Å². The first-order chi connectivity index (χ1) is 9.72. The summed E-state index contributed by atoms with van der Waals surface area (Å²) in [6.45, 7) is 4.74. The van der Waals surface area contributed by atoms with Gasteiger partial charge in [-0.1, -0.05) is 37.1 Å². The number of hydrogen-bond acceptors (Lipinski definition) is 2. The second-order valence-electron chi connectivity index (χ2n) is 6.74. The first-order valence-corrected chi connectivity index (χ1v) is 8.27. The molecule has 20 heavy (non-hydrogen) atoms. The molecule has 1 aliphatic heterocycles. The largest absolute Gasteiger partial charge is 0.326 e. The monoisotopic (exact) mass is 272 g/mol. The normalized spacial score (nSPS) is 24.1. The van der Waals surface area contributed by atoms with Gasteiger partial charge in [0.25, 0.3) is 0 Å². The van der Waals surface area contributed by atoms with Crippen molar-refractivity contribution in [3.63, 3.8) is 0 Å². The molecule has 1 heterocycles. The molecule has 2 heteroatoms. The van der Waals surface area contributed by atoms with E-state index in [1.165, 1.54) is 62.7 Å². The number of hydrogen-bond donors (Lipinski definition) is 1. The third-order valence-electron chi connectivity index (χ3n) is 5.60. The Balaban J connectivity index is 1.79. The fourth-order valence-corrected chi connectivity index (χ4v) is 4.34. The first-order valence-electron chi connectivity index (χ1n) is 8.27. The van der Waals surface area contributed by atoms with E-state index in [0.29, 0.717) is 5.54 Å². The molecule has 110 valence electrons. The van der Waals surface area contributed by atoms with Crippen LogP contribution in [0.3, 0.4) is 0 Å². The Morgan fingerprint density at radius 1 is 1.10 bits per heavy atom. The van der Waals surface area contributed by atoms with Crippen LogP contribution in [0.5, 0.6) is 0 Å². The summed E-state index contributed by atoms with van der Waals surface area (Å²) >= 11 is 0. The zero-order valence-electron chi connectivity index (χ0n) is 12.8. The summed E-state index contributed by atoms with van der Waals surface area (Å²) < 4.78 is 0. The lowest BCUT2D eigenvalue weighted by Gasteiger charge is -2.44. The van der Waals surface area contributed by atoms with E-state index in [-0.39, 0.29) is 6.04 Å². The van der Waals surface area contributed by atoms with Crippen molar-refractivity contribution in [3.05, 3.63) is 35.4 Å². The first kappa shape index (κ1) is 14.1. The van der Waals surface area contributed by atoms with Crippen molar-refractivity contribution >= 4 is 0 Å². The van der Waals surface area contributed by atoms with Gasteiger partial charge in [-0.05, 0) is 63.2 Å². The molecule has 0 radical (unpaired) electrons. The highest BCUT2D eigenvalue weighted by Crippen LogP contribution is 2.40. The third kappa shape index (κ3) is 2.51. The highest BCUT2D eigenvalue weighted by atomic mass is 15.2. The molecule has 0 aromatic heterocycles. The smallest absolute Gasteiger partial charge is 0.0363 e. The van der Waals surface area contributed by atoms with Crippen LogP contribution in [-0.4, -0.2) is 29.6 Å². The standard InChI is InChI=1S/C18H28N2/c1-15-8-2-3-9-16(15)14-17(19)18(10-4-5-11-18)20-12-6-7-13-20/h2-3,8-9,17H,4-7,10-14,19H2,1H3. The molecule has 1 atom stereocenters. The zero-order valence-corrected chi connectivity index (χ0v) is 12.8. The summed E-state index contributed by atoms with van der Waals surface area (Å²) in [6, 6.07) is 9.01. The molecule has 2 aliphatic rings. The van der Waals surface area contributed by atoms with Gasteiger partial charge in [-0.2, -0.15) is 0 Å². The highest BCUT2D eigenvalue weighted by molar-refractivity contribution is 5.27. The summed E-state index contributed by atoms with van der Waals surface area (Å²) in [4.78, 5) is 2.73. The number of nitrogens with two attached hydrogens (primary N) is 1. The minimum Gasteiger partial charge on any atom is -0.326 e. The lowest BCUT2D eigenvalue weighted by molar-refractivity contribution is 0.0921. The Morgan fingerprint density at radius 3 is 2.40 bits per heavy atom. The van der Waals surface area contributed by atoms with Crippen LogP contribution < -0.4 is 5.73 Å². The van der Waals surface area contributed by atoms with E-state index in [1.807, 2.05) is 0 Å². The van der Waals surface area contributed by atoms with Crippen LogP contribution in [0.4, 0.5) is 0 Å². The minimum absolute atomic E-state index is 0.282. The molecule has 1 aromatic carbocycles. The second kappa shape index (κ2) is 5.87. The molecule has 0 bridgehead atoms. The maximum atomic E-state index is 6.75. The lowest BCUT2D eigenvalue weighted by atomic mass is 9.82. The van der Waals surface area contributed by atoms with Crippen LogP contribution in [0.1, 0.15) is 49.7 Å². The average molecular weight is 272 g/mol. The summed E-state index contributed by atoms with van der Waals surface area (Å²) in [5.74, 6) is 0. The zero-order chi connectivity index (χ0) is 14.0. The minimum atomic E-state index is 0.282. The fourth-order valence-electron chi connectivity index (χ4n) is 4.34. The van der Waals surface area contributed by atoms with E-state index in [9.17, 15) is 0 Å². The molecular weight excluding hydrogens is 244 g/mol. The summed E-state index contributed by atoms with van der Waals surface area (Å²) in [7, 11) is 0. The molecule has 1 saturated carbocycles. The van der Waals surface area contributed by atoms with E-state index in [4.69, 9.17) is 5.73 Å². The lowest BCUT2D eigenvalue weighted by Crippen LogP contribution is -2.58. The SMILES string of the molecule is Cc1ccccc1CC(N)C1(N2CCCC2)CCCC1. The van der Waals surface area contributed by atoms with Gasteiger partial charge in [0.2, 0.25) is 0 Å². The van der Waals surface area contributed by atoms with Gasteiger partial charge in [0.05, 0.1) is 0 Å². The van der Waals surface area contributed by atoms with Crippen LogP contribution >= 0.6 is 0 Å². The van der Waals surface area contributed by atoms with Crippen molar-refractivity contribution in [1.82, 2.24) is 4.90 Å². The Morgan fingerprint density at radius 2 is 1.75 bits per heavy atom. The molecule has 2 nitrogen and oxygen atoms in total. The Labute approximate surface area is 123 Å². The summed E-state index contributed by atoms with van der Waals surface area (Å²) in [5, 5.41) is 0. The van der Waals surface area contributed by atoms with E-state index < -0.39 is 0 Å². The van der Waals surface area contributed by atoms with Crippen LogP contribution in [0.15, 0.2) is 24.3 Å². The Bertz CT molecular complexity index is 442. The number of rotatable bonds is 4. The Kier molecular flexibility index (Phi) is 4.13. The van der Waals surface area contributed by atoms with Crippen molar-refractivity contribution < 1.29 is 0 Å². The van der Waals surface area contributed by atoms with Gasteiger partial charge >= 0.3 is 0 Å². The molecule has 3 rings (SSSR count). The third-order valence-corrected chi connectivity index (χ3v) is 5.60. The average Bonchev–Trinajstić information content (AvgIpc) is 3.12. The van der Waals surface area contributed by atoms with Gasteiger partial charge in [0.15, 0.2) is 0 Å². The van der Waals surface area contributed by atoms with Gasteiger partial charge in [-0.15, -0.1) is 0 Å². The molecule has 1 aromatic rings. The molecule has 0 spiro atoms. The Hall–Kier alpha value is -0.860. The second-order valence-corrected chi connectivity index (χ2v) is 6.74. The van der Waals surface area contributed by atoms with Crippen molar-refractivity contribution in [2.24, 2.45) is 5.73 Å². The molecule has 2 fully saturated rings. The number of benzene rings is 1. The van der Waals surface area contributed by atoms with Gasteiger partial charge in [0.1, 0.15) is 0 Å². The number of aryl methyl sites for hydroxylation is 1. The summed E-state index contributed by atoms with van der Waals surface area (Å²) in [6.07, 6.45) is 9.08. The molecule has 1 unspecified atom stereocenters. The van der Waals surface area contributed by atoms with Gasteiger partial charge in [0, 0.05) is 11.6 Å². The highest BCUT2D eigenvalue weighted by Gasteiger charge is 2.44. The maximum absolute atomic E-state index is 6.75. The topological polar surface area (TPSA) is 29.3 Å². The molecule has 0 amide bonds. The van der Waals surface area contributed by atoms with Crippen molar-refractivity contribution in [2.75, 3.05) is 13.1 Å². The van der Waals surface area contributed by atoms with E-state index in [0.717, 1.165) is 6.42 Å². The van der Waals surface area contributed by atoms with Crippen LogP contribution in [-0.2, 0) is 6.42 Å². The van der Waals surface area contributed by atoms with Gasteiger partial charge in [-0.3, -0.25) is 4.90 Å². The van der Waals surface area contributed by atoms with Crippen molar-refractivity contribution in [2.45, 2.75) is 63.5 Å². The fraction of sp³-hybridized carbons (Fsp3) is 0.667. The molecular formula is C18H28N2. The van der Waals surface area contributed by atoms with Crippen LogP contribution in [0.2, 0.25) is 0 Å². The molecule has 1 aliphatic carbocycles. The van der Waals surface area contributed by atoms with E-state index in [2.05, 4.69) is 36.1 Å².